The van der Waals surface area contributed by atoms with Gasteiger partial charge in [0.05, 0.1) is 16.9 Å². The summed E-state index contributed by atoms with van der Waals surface area (Å²) >= 11 is 5.71. The van der Waals surface area contributed by atoms with Crippen molar-refractivity contribution in [3.05, 3.63) is 114 Å². The Labute approximate surface area is 266 Å². The number of halogens is 2. The molecule has 1 aromatic heterocycles. The van der Waals surface area contributed by atoms with E-state index in [0.29, 0.717) is 50.1 Å². The van der Waals surface area contributed by atoms with Crippen LogP contribution in [-0.2, 0) is 0 Å². The minimum atomic E-state index is -0.721. The van der Waals surface area contributed by atoms with Gasteiger partial charge in [-0.3, -0.25) is 0 Å². The van der Waals surface area contributed by atoms with Crippen LogP contribution in [0.2, 0.25) is 6.82 Å². The molecule has 0 atom stereocenters. The normalized spacial score (nSPS) is 10.0. The van der Waals surface area contributed by atoms with Crippen LogP contribution in [0.1, 0.15) is 25.3 Å². The molecule has 11 heteroatoms. The second-order valence-corrected chi connectivity index (χ2v) is 11.0. The molecule has 0 saturated carbocycles. The number of thiazole rings is 1. The number of aromatic nitrogens is 1. The van der Waals surface area contributed by atoms with Gasteiger partial charge in [0.2, 0.25) is 0 Å². The van der Waals surface area contributed by atoms with Gasteiger partial charge in [0, 0.05) is 28.6 Å². The highest BCUT2D eigenvalue weighted by molar-refractivity contribution is 7.80. The molecule has 0 unspecified atom stereocenters. The lowest BCUT2D eigenvalue weighted by atomic mass is 9.64. The summed E-state index contributed by atoms with van der Waals surface area (Å²) in [7, 11) is 0. The van der Waals surface area contributed by atoms with E-state index in [0.717, 1.165) is 12.8 Å². The molecule has 0 saturated heterocycles. The highest BCUT2D eigenvalue weighted by Gasteiger charge is 2.18. The van der Waals surface area contributed by atoms with Crippen molar-refractivity contribution in [3.8, 4) is 22.9 Å². The number of hydrogen-bond acceptors (Lipinski definition) is 8. The molecule has 0 aliphatic rings. The summed E-state index contributed by atoms with van der Waals surface area (Å²) in [5.74, 6) is -0.577. The van der Waals surface area contributed by atoms with Crippen molar-refractivity contribution in [2.24, 2.45) is 0 Å². The average molecular weight is 631 g/mol. The minimum absolute atomic E-state index is 0.102. The van der Waals surface area contributed by atoms with E-state index in [4.69, 9.17) is 10.8 Å². The van der Waals surface area contributed by atoms with Gasteiger partial charge in [-0.25, -0.2) is 13.8 Å². The lowest BCUT2D eigenvalue weighted by Crippen LogP contribution is -2.28. The Morgan fingerprint density at radius 3 is 2.20 bits per heavy atom. The Morgan fingerprint density at radius 1 is 1.00 bits per heavy atom. The molecule has 5 rings (SSSR count). The van der Waals surface area contributed by atoms with E-state index >= 15 is 0 Å². The molecule has 0 fully saturated rings. The molecule has 0 bridgehead atoms. The second kappa shape index (κ2) is 17.1. The van der Waals surface area contributed by atoms with Crippen LogP contribution in [0.4, 0.5) is 25.3 Å². The Balaban J connectivity index is 0.000000268. The summed E-state index contributed by atoms with van der Waals surface area (Å²) in [5.41, 5.74) is 8.34. The van der Waals surface area contributed by atoms with Gasteiger partial charge in [-0.2, -0.15) is 5.26 Å². The third kappa shape index (κ3) is 9.57. The van der Waals surface area contributed by atoms with Crippen LogP contribution in [0.5, 0.6) is 5.75 Å². The summed E-state index contributed by atoms with van der Waals surface area (Å²) < 4.78 is 26.8. The van der Waals surface area contributed by atoms with E-state index in [-0.39, 0.29) is 17.4 Å². The van der Waals surface area contributed by atoms with Crippen LogP contribution < -0.4 is 16.1 Å². The molecular weight excluding hydrogens is 597 g/mol. The van der Waals surface area contributed by atoms with E-state index in [1.54, 1.807) is 79.7 Å². The molecule has 0 aliphatic carbocycles. The van der Waals surface area contributed by atoms with Crippen molar-refractivity contribution in [1.29, 1.82) is 5.26 Å². The lowest BCUT2D eigenvalue weighted by Gasteiger charge is -2.27. The molecular formula is C33H33BF2N4O2S2. The van der Waals surface area contributed by atoms with Gasteiger partial charge in [0.1, 0.15) is 23.5 Å². The molecule has 4 aromatic carbocycles. The van der Waals surface area contributed by atoms with Gasteiger partial charge in [-0.1, -0.05) is 62.6 Å². The fourth-order valence-corrected chi connectivity index (χ4v) is 4.78. The number of thiol groups is 1. The zero-order chi connectivity index (χ0) is 32.1. The maximum Gasteiger partial charge on any atom is 0.323 e. The average Bonchev–Trinajstić information content (AvgIpc) is 3.50. The SMILES string of the molecule is CB(O)c1ccccc1F.CCCCN(c1ccc(S)cc1O)c1ccc(-c2ccccc2F)cc1C#N.Nc1nccs1. The lowest BCUT2D eigenvalue weighted by molar-refractivity contribution is 0.473. The van der Waals surface area contributed by atoms with Crippen molar-refractivity contribution < 1.29 is 18.9 Å². The fraction of sp³-hybridized carbons (Fsp3) is 0.152. The number of nitrogen functional groups attached to an aromatic ring is 1. The Kier molecular flexibility index (Phi) is 13.2. The van der Waals surface area contributed by atoms with Gasteiger partial charge in [-0.15, -0.1) is 24.0 Å². The molecule has 0 amide bonds. The number of nitrogens with zero attached hydrogens (tertiary/aromatic N) is 3. The van der Waals surface area contributed by atoms with E-state index in [1.165, 1.54) is 23.5 Å². The summed E-state index contributed by atoms with van der Waals surface area (Å²) in [6, 6.07) is 25.4. The summed E-state index contributed by atoms with van der Waals surface area (Å²) in [4.78, 5) is 6.30. The standard InChI is InChI=1S/C23H21FN2OS.C7H8BFO.C3H4N2S/c1-2-3-12-26(22-11-9-18(28)14-23(22)27)21-10-8-16(13-17(21)15-25)19-6-4-5-7-20(19)24;1-8(10)6-4-2-3-5-7(6)9;4-3-5-1-2-6-3/h4-11,13-14,27-28H,2-3,12H2,1H3;2-5,10H,1H3;1-2H,(H2,4,5). The van der Waals surface area contributed by atoms with Crippen molar-refractivity contribution >= 4 is 52.9 Å². The van der Waals surface area contributed by atoms with E-state index in [1.807, 2.05) is 16.3 Å². The highest BCUT2D eigenvalue weighted by atomic mass is 32.1. The summed E-state index contributed by atoms with van der Waals surface area (Å²) in [6.07, 6.45) is 3.54. The quantitative estimate of drug-likeness (QED) is 0.109. The number of rotatable bonds is 7. The van der Waals surface area contributed by atoms with Crippen molar-refractivity contribution in [2.75, 3.05) is 17.2 Å². The number of phenols is 1. The largest absolute Gasteiger partial charge is 0.506 e. The maximum absolute atomic E-state index is 14.2. The second-order valence-electron chi connectivity index (χ2n) is 9.57. The van der Waals surface area contributed by atoms with Crippen LogP contribution >= 0.6 is 24.0 Å². The van der Waals surface area contributed by atoms with Gasteiger partial charge >= 0.3 is 6.92 Å². The van der Waals surface area contributed by atoms with Gasteiger partial charge in [0.15, 0.2) is 5.13 Å². The third-order valence-corrected chi connectivity index (χ3v) is 7.27. The Morgan fingerprint density at radius 2 is 1.68 bits per heavy atom. The summed E-state index contributed by atoms with van der Waals surface area (Å²) in [6.45, 7) is 3.55. The van der Waals surface area contributed by atoms with E-state index in [9.17, 15) is 19.1 Å². The third-order valence-electron chi connectivity index (χ3n) is 6.38. The zero-order valence-corrected chi connectivity index (χ0v) is 26.1. The van der Waals surface area contributed by atoms with Crippen LogP contribution in [0, 0.1) is 23.0 Å². The first kappa shape index (κ1) is 34.1. The molecule has 0 radical (unpaired) electrons. The predicted molar refractivity (Wildman–Crippen MR) is 180 cm³/mol. The number of nitriles is 1. The van der Waals surface area contributed by atoms with Gasteiger partial charge < -0.3 is 20.8 Å². The van der Waals surface area contributed by atoms with E-state index in [2.05, 4.69) is 30.6 Å². The number of anilines is 3. The molecule has 0 spiro atoms. The van der Waals surface area contributed by atoms with Crippen molar-refractivity contribution in [1.82, 2.24) is 4.98 Å². The molecule has 1 heterocycles. The van der Waals surface area contributed by atoms with Crippen LogP contribution in [0.3, 0.4) is 0 Å². The highest BCUT2D eigenvalue weighted by Crippen LogP contribution is 2.38. The Bertz CT molecular complexity index is 1680. The predicted octanol–water partition coefficient (Wildman–Crippen LogP) is 7.67. The van der Waals surface area contributed by atoms with E-state index < -0.39 is 6.92 Å². The van der Waals surface area contributed by atoms with Crippen molar-refractivity contribution in [3.63, 3.8) is 0 Å². The van der Waals surface area contributed by atoms with Crippen molar-refractivity contribution in [2.45, 2.75) is 31.5 Å². The number of unbranched alkanes of at least 4 members (excludes halogenated alkanes) is 1. The Hall–Kier alpha value is -4.37. The van der Waals surface area contributed by atoms with Crippen LogP contribution in [0.15, 0.2) is 101 Å². The number of phenolic OH excluding ortho intramolecular Hbond substituents is 1. The number of hydrogen-bond donors (Lipinski definition) is 4. The smallest absolute Gasteiger partial charge is 0.323 e. The molecule has 226 valence electrons. The topological polar surface area (TPSA) is 106 Å². The number of aromatic hydroxyl groups is 1. The number of nitrogens with two attached hydrogens (primary N) is 1. The molecule has 44 heavy (non-hydrogen) atoms. The molecule has 6 nitrogen and oxygen atoms in total. The maximum atomic E-state index is 14.2. The zero-order valence-electron chi connectivity index (χ0n) is 24.4. The van der Waals surface area contributed by atoms with Gasteiger partial charge in [-0.05, 0) is 59.9 Å². The molecule has 5 aromatic rings. The van der Waals surface area contributed by atoms with Crippen LogP contribution in [-0.4, -0.2) is 28.6 Å². The van der Waals surface area contributed by atoms with Gasteiger partial charge in [0.25, 0.3) is 0 Å². The monoisotopic (exact) mass is 630 g/mol. The summed E-state index contributed by atoms with van der Waals surface area (Å²) in [5, 5.41) is 31.6. The fourth-order valence-electron chi connectivity index (χ4n) is 4.20. The van der Waals surface area contributed by atoms with Crippen LogP contribution in [0.25, 0.3) is 11.1 Å². The first-order valence-corrected chi connectivity index (χ1v) is 15.1. The first-order chi connectivity index (χ1) is 21.2. The first-order valence-electron chi connectivity index (χ1n) is 13.8. The minimum Gasteiger partial charge on any atom is -0.506 e. The molecule has 0 aliphatic heterocycles. The number of benzene rings is 4. The molecule has 4 N–H and O–H groups in total.